The Morgan fingerprint density at radius 1 is 1.33 bits per heavy atom. The molecule has 110 valence electrons. The van der Waals surface area contributed by atoms with Crippen molar-refractivity contribution in [1.29, 1.82) is 10.5 Å². The lowest BCUT2D eigenvalue weighted by Gasteiger charge is -2.17. The third kappa shape index (κ3) is 3.48. The zero-order valence-corrected chi connectivity index (χ0v) is 11.9. The van der Waals surface area contributed by atoms with Gasteiger partial charge in [-0.15, -0.1) is 0 Å². The fraction of sp³-hybridized carbons (Fsp3) is 0.250. The topological polar surface area (TPSA) is 137 Å². The normalized spacial score (nSPS) is 10.7. The number of nitrogens with zero attached hydrogens (tertiary/aromatic N) is 3. The van der Waals surface area contributed by atoms with Gasteiger partial charge in [0.15, 0.2) is 0 Å². The second-order valence-electron chi connectivity index (χ2n) is 3.83. The maximum absolute atomic E-state index is 12.3. The average Bonchev–Trinajstić information content (AvgIpc) is 2.45. The lowest BCUT2D eigenvalue weighted by atomic mass is 10.2. The smallest absolute Gasteiger partial charge is 0.337 e. The summed E-state index contributed by atoms with van der Waals surface area (Å²) < 4.78 is 29.8. The van der Waals surface area contributed by atoms with E-state index in [1.165, 1.54) is 13.2 Å². The predicted molar refractivity (Wildman–Crippen MR) is 72.2 cm³/mol. The molecule has 2 N–H and O–H groups in total. The SMILES string of the molecule is COC(=O)c1ccc(S(=O)(=O)N(CC#N)CC#N)c(N)c1. The van der Waals surface area contributed by atoms with Crippen molar-refractivity contribution in [2.24, 2.45) is 0 Å². The number of carbonyl (C=O) groups is 1. The summed E-state index contributed by atoms with van der Waals surface area (Å²) in [5, 5.41) is 17.3. The van der Waals surface area contributed by atoms with Gasteiger partial charge >= 0.3 is 5.97 Å². The lowest BCUT2D eigenvalue weighted by molar-refractivity contribution is 0.0600. The fourth-order valence-corrected chi connectivity index (χ4v) is 2.88. The molecule has 0 saturated carbocycles. The number of hydrogen-bond acceptors (Lipinski definition) is 7. The Morgan fingerprint density at radius 3 is 2.33 bits per heavy atom. The van der Waals surface area contributed by atoms with Gasteiger partial charge in [-0.2, -0.15) is 14.8 Å². The second kappa shape index (κ2) is 6.70. The highest BCUT2D eigenvalue weighted by Gasteiger charge is 2.26. The maximum Gasteiger partial charge on any atom is 0.337 e. The number of nitrogen functional groups attached to an aromatic ring is 1. The van der Waals surface area contributed by atoms with Crippen LogP contribution in [0.15, 0.2) is 23.1 Å². The number of methoxy groups -OCH3 is 1. The number of anilines is 1. The van der Waals surface area contributed by atoms with Crippen molar-refractivity contribution in [3.63, 3.8) is 0 Å². The van der Waals surface area contributed by atoms with Crippen LogP contribution in [0.4, 0.5) is 5.69 Å². The van der Waals surface area contributed by atoms with E-state index in [-0.39, 0.29) is 16.1 Å². The molecule has 0 fully saturated rings. The van der Waals surface area contributed by atoms with Gasteiger partial charge < -0.3 is 10.5 Å². The molecule has 1 aromatic carbocycles. The molecule has 8 nitrogen and oxygen atoms in total. The minimum Gasteiger partial charge on any atom is -0.465 e. The zero-order valence-electron chi connectivity index (χ0n) is 11.1. The van der Waals surface area contributed by atoms with Crippen LogP contribution in [-0.4, -0.2) is 38.9 Å². The summed E-state index contributed by atoms with van der Waals surface area (Å²) in [6.07, 6.45) is 0. The van der Waals surface area contributed by atoms with E-state index in [0.717, 1.165) is 12.1 Å². The Hall–Kier alpha value is -2.62. The largest absolute Gasteiger partial charge is 0.465 e. The first kappa shape index (κ1) is 16.4. The van der Waals surface area contributed by atoms with Crippen LogP contribution in [-0.2, 0) is 14.8 Å². The van der Waals surface area contributed by atoms with Crippen LogP contribution in [0.3, 0.4) is 0 Å². The number of benzene rings is 1. The van der Waals surface area contributed by atoms with Crippen molar-refractivity contribution in [1.82, 2.24) is 4.31 Å². The van der Waals surface area contributed by atoms with Crippen LogP contribution >= 0.6 is 0 Å². The van der Waals surface area contributed by atoms with Crippen LogP contribution in [0, 0.1) is 22.7 Å². The van der Waals surface area contributed by atoms with Gasteiger partial charge in [0, 0.05) is 0 Å². The minimum absolute atomic E-state index is 0.0982. The average molecular weight is 308 g/mol. The van der Waals surface area contributed by atoms with E-state index in [9.17, 15) is 13.2 Å². The summed E-state index contributed by atoms with van der Waals surface area (Å²) >= 11 is 0. The highest BCUT2D eigenvalue weighted by Crippen LogP contribution is 2.23. The summed E-state index contributed by atoms with van der Waals surface area (Å²) in [6, 6.07) is 6.88. The standard InChI is InChI=1S/C12H12N4O4S/c1-20-12(17)9-2-3-11(10(15)8-9)21(18,19)16(6-4-13)7-5-14/h2-3,8H,6-7,15H2,1H3. The van der Waals surface area contributed by atoms with Crippen molar-refractivity contribution >= 4 is 21.7 Å². The maximum atomic E-state index is 12.3. The zero-order chi connectivity index (χ0) is 16.0. The molecule has 1 rings (SSSR count). The van der Waals surface area contributed by atoms with Crippen molar-refractivity contribution in [2.45, 2.75) is 4.90 Å². The molecule has 0 amide bonds. The minimum atomic E-state index is -4.09. The third-order valence-corrected chi connectivity index (χ3v) is 4.41. The van der Waals surface area contributed by atoms with Gasteiger partial charge in [-0.05, 0) is 18.2 Å². The molecule has 0 saturated heterocycles. The highest BCUT2D eigenvalue weighted by atomic mass is 32.2. The number of esters is 1. The Bertz CT molecular complexity index is 715. The number of rotatable bonds is 5. The number of nitriles is 2. The van der Waals surface area contributed by atoms with E-state index in [0.29, 0.717) is 4.31 Å². The first-order valence-corrected chi connectivity index (χ1v) is 7.04. The molecule has 0 spiro atoms. The number of sulfonamides is 1. The first-order valence-electron chi connectivity index (χ1n) is 5.60. The van der Waals surface area contributed by atoms with Gasteiger partial charge in [-0.3, -0.25) is 0 Å². The van der Waals surface area contributed by atoms with Crippen LogP contribution in [0.25, 0.3) is 0 Å². The van der Waals surface area contributed by atoms with Gasteiger partial charge in [-0.25, -0.2) is 13.2 Å². The van der Waals surface area contributed by atoms with E-state index in [1.807, 2.05) is 0 Å². The van der Waals surface area contributed by atoms with Crippen molar-refractivity contribution < 1.29 is 17.9 Å². The molecule has 0 aliphatic carbocycles. The van der Waals surface area contributed by atoms with Crippen LogP contribution in [0.1, 0.15) is 10.4 Å². The van der Waals surface area contributed by atoms with Crippen LogP contribution in [0.5, 0.6) is 0 Å². The van der Waals surface area contributed by atoms with Gasteiger partial charge in [-0.1, -0.05) is 0 Å². The number of hydrogen-bond donors (Lipinski definition) is 1. The molecule has 0 radical (unpaired) electrons. The molecular formula is C12H12N4O4S. The molecule has 0 heterocycles. The Kier molecular flexibility index (Phi) is 5.24. The van der Waals surface area contributed by atoms with Gasteiger partial charge in [0.25, 0.3) is 0 Å². The Morgan fingerprint density at radius 2 is 1.90 bits per heavy atom. The van der Waals surface area contributed by atoms with Gasteiger partial charge in [0.05, 0.1) is 30.5 Å². The first-order chi connectivity index (χ1) is 9.88. The molecule has 1 aromatic rings. The van der Waals surface area contributed by atoms with E-state index in [2.05, 4.69) is 4.74 Å². The second-order valence-corrected chi connectivity index (χ2v) is 5.74. The third-order valence-electron chi connectivity index (χ3n) is 2.54. The highest BCUT2D eigenvalue weighted by molar-refractivity contribution is 7.89. The summed E-state index contributed by atoms with van der Waals surface area (Å²) in [5.41, 5.74) is 5.58. The monoisotopic (exact) mass is 308 g/mol. The number of carbonyl (C=O) groups excluding carboxylic acids is 1. The van der Waals surface area contributed by atoms with E-state index < -0.39 is 29.1 Å². The summed E-state index contributed by atoms with van der Waals surface area (Å²) in [5.74, 6) is -0.656. The summed E-state index contributed by atoms with van der Waals surface area (Å²) in [6.45, 7) is -0.956. The summed E-state index contributed by atoms with van der Waals surface area (Å²) in [4.78, 5) is 11.1. The molecule has 9 heteroatoms. The number of nitrogens with two attached hydrogens (primary N) is 1. The van der Waals surface area contributed by atoms with Crippen LogP contribution in [0.2, 0.25) is 0 Å². The van der Waals surface area contributed by atoms with Gasteiger partial charge in [0.1, 0.15) is 18.0 Å². The van der Waals surface area contributed by atoms with E-state index >= 15 is 0 Å². The lowest BCUT2D eigenvalue weighted by Crippen LogP contribution is -2.32. The molecule has 21 heavy (non-hydrogen) atoms. The van der Waals surface area contributed by atoms with E-state index in [1.54, 1.807) is 12.1 Å². The van der Waals surface area contributed by atoms with Crippen molar-refractivity contribution in [3.05, 3.63) is 23.8 Å². The summed E-state index contributed by atoms with van der Waals surface area (Å²) in [7, 11) is -2.91. The Labute approximate surface area is 122 Å². The molecular weight excluding hydrogens is 296 g/mol. The molecule has 0 atom stereocenters. The van der Waals surface area contributed by atoms with E-state index in [4.69, 9.17) is 16.3 Å². The molecule has 0 aliphatic rings. The van der Waals surface area contributed by atoms with Crippen molar-refractivity contribution in [2.75, 3.05) is 25.9 Å². The van der Waals surface area contributed by atoms with Crippen LogP contribution < -0.4 is 5.73 Å². The van der Waals surface area contributed by atoms with Crippen molar-refractivity contribution in [3.8, 4) is 12.1 Å². The predicted octanol–water partition coefficient (Wildman–Crippen LogP) is 0.0933. The molecule has 0 bridgehead atoms. The number of ether oxygens (including phenoxy) is 1. The molecule has 0 unspecified atom stereocenters. The quantitative estimate of drug-likeness (QED) is 0.462. The van der Waals surface area contributed by atoms with Gasteiger partial charge in [0.2, 0.25) is 10.0 Å². The fourth-order valence-electron chi connectivity index (χ4n) is 1.55. The molecule has 0 aromatic heterocycles. The Balaban J connectivity index is 3.29. The molecule has 0 aliphatic heterocycles.